The van der Waals surface area contributed by atoms with Crippen LogP contribution in [0.4, 0.5) is 5.69 Å². The first kappa shape index (κ1) is 15.5. The zero-order valence-electron chi connectivity index (χ0n) is 10.9. The first-order valence-corrected chi connectivity index (χ1v) is 8.00. The van der Waals surface area contributed by atoms with E-state index >= 15 is 0 Å². The van der Waals surface area contributed by atoms with Gasteiger partial charge < -0.3 is 5.32 Å². The van der Waals surface area contributed by atoms with E-state index in [1.165, 1.54) is 4.88 Å². The van der Waals surface area contributed by atoms with E-state index in [0.717, 1.165) is 10.3 Å². The van der Waals surface area contributed by atoms with Crippen LogP contribution in [0.5, 0.6) is 0 Å². The predicted molar refractivity (Wildman–Crippen MR) is 88.4 cm³/mol. The molecule has 1 heterocycles. The number of likely N-dealkylation sites (N-methyl/N-ethyl adjacent to an activating group) is 1. The van der Waals surface area contributed by atoms with Crippen molar-refractivity contribution in [2.24, 2.45) is 0 Å². The molecule has 0 aliphatic carbocycles. The standard InChI is InChI=1S/C14H14BrClN2OS/c1-18(8-10-6-7-13(15)20-10)9-14(19)17-12-5-3-2-4-11(12)16/h2-7H,8-9H2,1H3,(H,17,19). The first-order chi connectivity index (χ1) is 9.54. The highest BCUT2D eigenvalue weighted by Gasteiger charge is 2.10. The molecule has 0 bridgehead atoms. The summed E-state index contributed by atoms with van der Waals surface area (Å²) in [6.07, 6.45) is 0. The van der Waals surface area contributed by atoms with Crippen LogP contribution in [0.25, 0.3) is 0 Å². The number of nitrogens with zero attached hydrogens (tertiary/aromatic N) is 1. The summed E-state index contributed by atoms with van der Waals surface area (Å²) >= 11 is 11.1. The molecular formula is C14H14BrClN2OS. The van der Waals surface area contributed by atoms with Gasteiger partial charge in [-0.1, -0.05) is 23.7 Å². The molecule has 0 saturated carbocycles. The molecule has 1 amide bonds. The molecule has 0 spiro atoms. The van der Waals surface area contributed by atoms with Crippen molar-refractivity contribution in [2.75, 3.05) is 18.9 Å². The number of nitrogens with one attached hydrogen (secondary N) is 1. The van der Waals surface area contributed by atoms with Crippen LogP contribution in [0.3, 0.4) is 0 Å². The Morgan fingerprint density at radius 3 is 2.75 bits per heavy atom. The zero-order valence-corrected chi connectivity index (χ0v) is 14.1. The summed E-state index contributed by atoms with van der Waals surface area (Å²) in [5.74, 6) is -0.0729. The first-order valence-electron chi connectivity index (χ1n) is 6.02. The fourth-order valence-electron chi connectivity index (χ4n) is 1.76. The predicted octanol–water partition coefficient (Wildman–Crippen LogP) is 4.23. The summed E-state index contributed by atoms with van der Waals surface area (Å²) in [6, 6.07) is 11.3. The molecule has 1 aromatic carbocycles. The molecule has 2 aromatic rings. The molecule has 6 heteroatoms. The van der Waals surface area contributed by atoms with E-state index in [4.69, 9.17) is 11.6 Å². The number of hydrogen-bond acceptors (Lipinski definition) is 3. The summed E-state index contributed by atoms with van der Waals surface area (Å²) in [7, 11) is 1.92. The van der Waals surface area contributed by atoms with Crippen LogP contribution < -0.4 is 5.32 Å². The quantitative estimate of drug-likeness (QED) is 0.850. The van der Waals surface area contributed by atoms with Crippen molar-refractivity contribution in [1.82, 2.24) is 4.90 Å². The number of carbonyl (C=O) groups is 1. The normalized spacial score (nSPS) is 10.8. The summed E-state index contributed by atoms with van der Waals surface area (Å²) in [5.41, 5.74) is 0.645. The average Bonchev–Trinajstić information content (AvgIpc) is 2.77. The van der Waals surface area contributed by atoms with Gasteiger partial charge in [0, 0.05) is 11.4 Å². The Labute approximate surface area is 135 Å². The number of rotatable bonds is 5. The van der Waals surface area contributed by atoms with Crippen LogP contribution in [0.1, 0.15) is 4.88 Å². The molecule has 3 nitrogen and oxygen atoms in total. The number of hydrogen-bond donors (Lipinski definition) is 1. The molecule has 0 radical (unpaired) electrons. The maximum Gasteiger partial charge on any atom is 0.238 e. The third-order valence-corrected chi connectivity index (χ3v) is 4.55. The monoisotopic (exact) mass is 372 g/mol. The third-order valence-electron chi connectivity index (χ3n) is 2.62. The molecule has 20 heavy (non-hydrogen) atoms. The van der Waals surface area contributed by atoms with E-state index in [-0.39, 0.29) is 5.91 Å². The number of anilines is 1. The highest BCUT2D eigenvalue weighted by molar-refractivity contribution is 9.11. The van der Waals surface area contributed by atoms with Gasteiger partial charge in [0.25, 0.3) is 0 Å². The summed E-state index contributed by atoms with van der Waals surface area (Å²) in [4.78, 5) is 15.1. The molecule has 1 aromatic heterocycles. The molecule has 1 N–H and O–H groups in total. The van der Waals surface area contributed by atoms with Gasteiger partial charge in [-0.05, 0) is 47.2 Å². The number of halogens is 2. The molecule has 0 unspecified atom stereocenters. The Hall–Kier alpha value is -0.880. The largest absolute Gasteiger partial charge is 0.324 e. The van der Waals surface area contributed by atoms with Crippen LogP contribution in [-0.4, -0.2) is 24.4 Å². The zero-order chi connectivity index (χ0) is 14.5. The Bertz CT molecular complexity index is 602. The highest BCUT2D eigenvalue weighted by atomic mass is 79.9. The summed E-state index contributed by atoms with van der Waals surface area (Å²) < 4.78 is 1.10. The van der Waals surface area contributed by atoms with Gasteiger partial charge in [0.1, 0.15) is 0 Å². The summed E-state index contributed by atoms with van der Waals surface area (Å²) in [6.45, 7) is 1.06. The van der Waals surface area contributed by atoms with E-state index in [0.29, 0.717) is 17.3 Å². The number of amides is 1. The van der Waals surface area contributed by atoms with Crippen molar-refractivity contribution in [3.8, 4) is 0 Å². The molecule has 2 rings (SSSR count). The fraction of sp³-hybridized carbons (Fsp3) is 0.214. The SMILES string of the molecule is CN(CC(=O)Nc1ccccc1Cl)Cc1ccc(Br)s1. The lowest BCUT2D eigenvalue weighted by Crippen LogP contribution is -2.29. The van der Waals surface area contributed by atoms with E-state index in [9.17, 15) is 4.79 Å². The summed E-state index contributed by atoms with van der Waals surface area (Å²) in [5, 5.41) is 3.36. The second-order valence-corrected chi connectivity index (χ2v) is 7.36. The van der Waals surface area contributed by atoms with E-state index in [1.807, 2.05) is 30.1 Å². The van der Waals surface area contributed by atoms with Gasteiger partial charge in [-0.3, -0.25) is 9.69 Å². The van der Waals surface area contributed by atoms with Gasteiger partial charge in [0.15, 0.2) is 0 Å². The van der Waals surface area contributed by atoms with Crippen LogP contribution in [0.15, 0.2) is 40.2 Å². The van der Waals surface area contributed by atoms with Gasteiger partial charge in [-0.15, -0.1) is 11.3 Å². The van der Waals surface area contributed by atoms with Crippen molar-refractivity contribution < 1.29 is 4.79 Å². The second-order valence-electron chi connectivity index (χ2n) is 4.41. The van der Waals surface area contributed by atoms with Gasteiger partial charge in [-0.25, -0.2) is 0 Å². The molecule has 0 aliphatic rings. The number of carbonyl (C=O) groups excluding carboxylic acids is 1. The van der Waals surface area contributed by atoms with Gasteiger partial charge in [0.05, 0.1) is 21.0 Å². The van der Waals surface area contributed by atoms with Crippen LogP contribution in [0, 0.1) is 0 Å². The van der Waals surface area contributed by atoms with Crippen LogP contribution in [-0.2, 0) is 11.3 Å². The number of benzene rings is 1. The van der Waals surface area contributed by atoms with E-state index < -0.39 is 0 Å². The highest BCUT2D eigenvalue weighted by Crippen LogP contribution is 2.23. The molecule has 106 valence electrons. The van der Waals surface area contributed by atoms with Crippen molar-refractivity contribution in [3.63, 3.8) is 0 Å². The number of thiophene rings is 1. The van der Waals surface area contributed by atoms with Gasteiger partial charge >= 0.3 is 0 Å². The minimum absolute atomic E-state index is 0.0729. The Morgan fingerprint density at radius 1 is 1.35 bits per heavy atom. The molecule has 0 aliphatic heterocycles. The lowest BCUT2D eigenvalue weighted by Gasteiger charge is -2.15. The van der Waals surface area contributed by atoms with Gasteiger partial charge in [-0.2, -0.15) is 0 Å². The van der Waals surface area contributed by atoms with Crippen molar-refractivity contribution >= 4 is 50.5 Å². The minimum Gasteiger partial charge on any atom is -0.324 e. The molecule has 0 saturated heterocycles. The van der Waals surface area contributed by atoms with E-state index in [1.54, 1.807) is 23.5 Å². The van der Waals surface area contributed by atoms with Crippen molar-refractivity contribution in [3.05, 3.63) is 50.1 Å². The molecular weight excluding hydrogens is 360 g/mol. The smallest absolute Gasteiger partial charge is 0.238 e. The minimum atomic E-state index is -0.0729. The Balaban J connectivity index is 1.86. The van der Waals surface area contributed by atoms with Crippen LogP contribution >= 0.6 is 38.9 Å². The topological polar surface area (TPSA) is 32.3 Å². The lowest BCUT2D eigenvalue weighted by atomic mass is 10.3. The van der Waals surface area contributed by atoms with E-state index in [2.05, 4.69) is 27.3 Å². The third kappa shape index (κ3) is 4.59. The second kappa shape index (κ2) is 7.22. The van der Waals surface area contributed by atoms with Crippen molar-refractivity contribution in [2.45, 2.75) is 6.54 Å². The lowest BCUT2D eigenvalue weighted by molar-refractivity contribution is -0.117. The Morgan fingerprint density at radius 2 is 2.10 bits per heavy atom. The van der Waals surface area contributed by atoms with Crippen LogP contribution in [0.2, 0.25) is 5.02 Å². The number of para-hydroxylation sites is 1. The average molecular weight is 374 g/mol. The molecule has 0 atom stereocenters. The van der Waals surface area contributed by atoms with Crippen molar-refractivity contribution in [1.29, 1.82) is 0 Å². The molecule has 0 fully saturated rings. The Kier molecular flexibility index (Phi) is 5.60. The maximum atomic E-state index is 12.0. The maximum absolute atomic E-state index is 12.0. The fourth-order valence-corrected chi connectivity index (χ4v) is 3.50. The van der Waals surface area contributed by atoms with Gasteiger partial charge in [0.2, 0.25) is 5.91 Å².